The van der Waals surface area contributed by atoms with Gasteiger partial charge in [-0.25, -0.2) is 8.42 Å². The molecule has 0 atom stereocenters. The van der Waals surface area contributed by atoms with Crippen molar-refractivity contribution in [2.75, 3.05) is 0 Å². The van der Waals surface area contributed by atoms with Gasteiger partial charge in [-0.1, -0.05) is 48.5 Å². The second-order valence-corrected chi connectivity index (χ2v) is 10.6. The number of carbonyl (C=O) groups excluding carboxylic acids is 3. The standard InChI is InChI=1S/C28H14N2O5S/c31-26-17-7-2-1-6-16(17)25-24-20(26)9-5-10-21(24)30(29-25)28(33)15-12-13-19-23(14-15)36(34,35)22-11-4-3-8-18(22)27(19)32/h1-14H. The van der Waals surface area contributed by atoms with Crippen LogP contribution in [0.1, 0.15) is 42.2 Å². The van der Waals surface area contributed by atoms with Gasteiger partial charge >= 0.3 is 0 Å². The molecule has 0 radical (unpaired) electrons. The Labute approximate surface area is 204 Å². The summed E-state index contributed by atoms with van der Waals surface area (Å²) in [5, 5.41) is 5.14. The van der Waals surface area contributed by atoms with E-state index in [1.54, 1.807) is 54.6 Å². The number of carbonyl (C=O) groups is 3. The Hall–Kier alpha value is -4.69. The van der Waals surface area contributed by atoms with Gasteiger partial charge in [0, 0.05) is 38.8 Å². The van der Waals surface area contributed by atoms with Crippen LogP contribution in [0.15, 0.2) is 94.7 Å². The van der Waals surface area contributed by atoms with Crippen molar-refractivity contribution in [3.63, 3.8) is 0 Å². The van der Waals surface area contributed by atoms with Gasteiger partial charge in [0.1, 0.15) is 5.69 Å². The molecule has 7 nitrogen and oxygen atoms in total. The molecule has 7 rings (SSSR count). The lowest BCUT2D eigenvalue weighted by molar-refractivity contribution is 0.0948. The quantitative estimate of drug-likeness (QED) is 0.340. The van der Waals surface area contributed by atoms with Crippen LogP contribution in [0.25, 0.3) is 22.2 Å². The van der Waals surface area contributed by atoms with E-state index in [9.17, 15) is 22.8 Å². The average Bonchev–Trinajstić information content (AvgIpc) is 3.30. The molecule has 172 valence electrons. The minimum atomic E-state index is -4.01. The number of aromatic nitrogens is 2. The van der Waals surface area contributed by atoms with Gasteiger partial charge in [-0.05, 0) is 36.4 Å². The summed E-state index contributed by atoms with van der Waals surface area (Å²) in [5.74, 6) is -1.13. The maximum absolute atomic E-state index is 13.7. The normalized spacial score (nSPS) is 14.8. The van der Waals surface area contributed by atoms with E-state index in [0.29, 0.717) is 33.3 Å². The maximum atomic E-state index is 13.7. The molecule has 0 amide bonds. The van der Waals surface area contributed by atoms with Crippen molar-refractivity contribution >= 4 is 38.2 Å². The molecule has 2 aliphatic rings. The van der Waals surface area contributed by atoms with Crippen LogP contribution >= 0.6 is 0 Å². The molecule has 0 fully saturated rings. The molecule has 1 aliphatic heterocycles. The zero-order valence-corrected chi connectivity index (χ0v) is 19.2. The molecule has 36 heavy (non-hydrogen) atoms. The highest BCUT2D eigenvalue weighted by molar-refractivity contribution is 7.91. The van der Waals surface area contributed by atoms with E-state index < -0.39 is 21.5 Å². The number of hydrogen-bond acceptors (Lipinski definition) is 6. The highest BCUT2D eigenvalue weighted by atomic mass is 32.2. The minimum Gasteiger partial charge on any atom is -0.289 e. The van der Waals surface area contributed by atoms with Crippen LogP contribution in [-0.2, 0) is 9.84 Å². The van der Waals surface area contributed by atoms with Gasteiger partial charge in [-0.15, -0.1) is 0 Å². The van der Waals surface area contributed by atoms with Gasteiger partial charge in [-0.2, -0.15) is 9.78 Å². The fraction of sp³-hybridized carbons (Fsp3) is 0. The first-order valence-corrected chi connectivity index (χ1v) is 12.6. The molecule has 0 saturated heterocycles. The third-order valence-corrected chi connectivity index (χ3v) is 8.61. The number of rotatable bonds is 1. The number of fused-ring (bicyclic) bond motifs is 4. The van der Waals surface area contributed by atoms with E-state index in [0.717, 1.165) is 0 Å². The topological polar surface area (TPSA) is 103 Å². The zero-order chi connectivity index (χ0) is 24.8. The molecule has 2 heterocycles. The van der Waals surface area contributed by atoms with Gasteiger partial charge in [0.25, 0.3) is 5.91 Å². The van der Waals surface area contributed by atoms with Crippen LogP contribution in [-0.4, -0.2) is 35.7 Å². The molecule has 0 bridgehead atoms. The van der Waals surface area contributed by atoms with Crippen molar-refractivity contribution in [1.29, 1.82) is 0 Å². The Balaban J connectivity index is 1.43. The predicted molar refractivity (Wildman–Crippen MR) is 130 cm³/mol. The first-order valence-electron chi connectivity index (χ1n) is 11.1. The summed E-state index contributed by atoms with van der Waals surface area (Å²) in [6, 6.07) is 22.2. The molecule has 0 N–H and O–H groups in total. The number of benzene rings is 4. The smallest absolute Gasteiger partial charge is 0.278 e. The Bertz CT molecular complexity index is 1970. The maximum Gasteiger partial charge on any atom is 0.278 e. The molecule has 0 unspecified atom stereocenters. The summed E-state index contributed by atoms with van der Waals surface area (Å²) in [6.07, 6.45) is 0. The fourth-order valence-corrected chi connectivity index (χ4v) is 6.75. The van der Waals surface area contributed by atoms with Gasteiger partial charge in [0.15, 0.2) is 11.6 Å². The van der Waals surface area contributed by atoms with Crippen LogP contribution < -0.4 is 0 Å². The van der Waals surface area contributed by atoms with Crippen molar-refractivity contribution in [2.24, 2.45) is 0 Å². The third-order valence-electron chi connectivity index (χ3n) is 6.76. The average molecular weight is 490 g/mol. The Morgan fingerprint density at radius 1 is 0.667 bits per heavy atom. The second kappa shape index (κ2) is 6.93. The monoisotopic (exact) mass is 490 g/mol. The van der Waals surface area contributed by atoms with Crippen LogP contribution in [0.2, 0.25) is 0 Å². The minimum absolute atomic E-state index is 0.0241. The van der Waals surface area contributed by atoms with Gasteiger partial charge in [0.2, 0.25) is 9.84 Å². The lowest BCUT2D eigenvalue weighted by atomic mass is 9.87. The Morgan fingerprint density at radius 2 is 1.31 bits per heavy atom. The van der Waals surface area contributed by atoms with Crippen LogP contribution in [0, 0.1) is 0 Å². The van der Waals surface area contributed by atoms with Crippen LogP contribution in [0.3, 0.4) is 0 Å². The van der Waals surface area contributed by atoms with Gasteiger partial charge in [-0.3, -0.25) is 14.4 Å². The first-order chi connectivity index (χ1) is 17.4. The lowest BCUT2D eigenvalue weighted by Gasteiger charge is -2.19. The summed E-state index contributed by atoms with van der Waals surface area (Å²) in [7, 11) is -4.01. The summed E-state index contributed by atoms with van der Waals surface area (Å²) in [5.41, 5.74) is 2.74. The van der Waals surface area contributed by atoms with E-state index >= 15 is 0 Å². The third kappa shape index (κ3) is 2.53. The van der Waals surface area contributed by atoms with Crippen molar-refractivity contribution in [2.45, 2.75) is 9.79 Å². The Kier molecular flexibility index (Phi) is 3.98. The molecule has 1 aliphatic carbocycles. The molecule has 1 aromatic heterocycles. The van der Waals surface area contributed by atoms with Crippen LogP contribution in [0.4, 0.5) is 0 Å². The van der Waals surface area contributed by atoms with E-state index in [-0.39, 0.29) is 32.3 Å². The number of hydrogen-bond donors (Lipinski definition) is 0. The van der Waals surface area contributed by atoms with E-state index in [4.69, 9.17) is 0 Å². The Morgan fingerprint density at radius 3 is 2.11 bits per heavy atom. The SMILES string of the molecule is O=C1c2ccccc2S(=O)(=O)c2cc(C(=O)n3nc4c5c(cccc53)C(=O)c3ccccc3-4)ccc21. The largest absolute Gasteiger partial charge is 0.289 e. The lowest BCUT2D eigenvalue weighted by Crippen LogP contribution is -2.22. The van der Waals surface area contributed by atoms with Crippen molar-refractivity contribution in [3.05, 3.63) is 113 Å². The van der Waals surface area contributed by atoms with Crippen molar-refractivity contribution in [1.82, 2.24) is 9.78 Å². The molecule has 4 aromatic carbocycles. The highest BCUT2D eigenvalue weighted by Gasteiger charge is 2.36. The van der Waals surface area contributed by atoms with Crippen LogP contribution in [0.5, 0.6) is 0 Å². The van der Waals surface area contributed by atoms with Crippen molar-refractivity contribution < 1.29 is 22.8 Å². The van der Waals surface area contributed by atoms with Gasteiger partial charge in [0.05, 0.1) is 15.3 Å². The molecule has 0 saturated carbocycles. The molecular formula is C28H14N2O5S. The summed E-state index contributed by atoms with van der Waals surface area (Å²) >= 11 is 0. The first kappa shape index (κ1) is 20.7. The summed E-state index contributed by atoms with van der Waals surface area (Å²) in [4.78, 5) is 39.4. The van der Waals surface area contributed by atoms with E-state index in [1.165, 1.54) is 35.0 Å². The highest BCUT2D eigenvalue weighted by Crippen LogP contribution is 2.39. The predicted octanol–water partition coefficient (Wildman–Crippen LogP) is 4.31. The molecule has 5 aromatic rings. The second-order valence-electron chi connectivity index (χ2n) is 8.68. The van der Waals surface area contributed by atoms with Crippen molar-refractivity contribution in [3.8, 4) is 11.3 Å². The summed E-state index contributed by atoms with van der Waals surface area (Å²) < 4.78 is 27.8. The summed E-state index contributed by atoms with van der Waals surface area (Å²) in [6.45, 7) is 0. The van der Waals surface area contributed by atoms with E-state index in [1.807, 2.05) is 0 Å². The van der Waals surface area contributed by atoms with Gasteiger partial charge < -0.3 is 0 Å². The van der Waals surface area contributed by atoms with E-state index in [2.05, 4.69) is 5.10 Å². The number of ketones is 2. The molecular weight excluding hydrogens is 476 g/mol. The molecule has 8 heteroatoms. The number of sulfone groups is 1. The zero-order valence-electron chi connectivity index (χ0n) is 18.4. The molecule has 0 spiro atoms. The number of nitrogens with zero attached hydrogens (tertiary/aromatic N) is 2. The fourth-order valence-electron chi connectivity index (χ4n) is 5.07.